The molecule has 4 heteroatoms. The van der Waals surface area contributed by atoms with E-state index in [-0.39, 0.29) is 11.8 Å². The highest BCUT2D eigenvalue weighted by Gasteiger charge is 2.42. The first-order valence-electron chi connectivity index (χ1n) is 8.54. The molecule has 4 rings (SSSR count). The summed E-state index contributed by atoms with van der Waals surface area (Å²) in [5.74, 6) is 1.63. The fraction of sp³-hybridized carbons (Fsp3) is 0.474. The van der Waals surface area contributed by atoms with Gasteiger partial charge in [0.1, 0.15) is 0 Å². The molecular formula is C19H22N2O2. The van der Waals surface area contributed by atoms with Crippen molar-refractivity contribution in [1.29, 1.82) is 0 Å². The van der Waals surface area contributed by atoms with Crippen molar-refractivity contribution in [3.63, 3.8) is 0 Å². The minimum Gasteiger partial charge on any atom is -0.339 e. The Morgan fingerprint density at radius 1 is 0.870 bits per heavy atom. The third kappa shape index (κ3) is 2.67. The molecule has 23 heavy (non-hydrogen) atoms. The second kappa shape index (κ2) is 5.84. The molecule has 2 fully saturated rings. The SMILES string of the molecule is O=C(c1ccccc1)N1CCN(C(=O)[C@@H]2C[C@@H]3C=C[C@H]2C3)CC1. The Bertz CT molecular complexity index is 632. The van der Waals surface area contributed by atoms with E-state index in [1.165, 1.54) is 0 Å². The van der Waals surface area contributed by atoms with Gasteiger partial charge in [-0.05, 0) is 36.8 Å². The molecular weight excluding hydrogens is 288 g/mol. The number of allylic oxidation sites excluding steroid dienone is 2. The number of rotatable bonds is 2. The van der Waals surface area contributed by atoms with Gasteiger partial charge in [-0.1, -0.05) is 30.4 Å². The van der Waals surface area contributed by atoms with Gasteiger partial charge in [0.2, 0.25) is 5.91 Å². The van der Waals surface area contributed by atoms with Gasteiger partial charge < -0.3 is 9.80 Å². The number of amides is 2. The van der Waals surface area contributed by atoms with Gasteiger partial charge in [0.25, 0.3) is 5.91 Å². The average Bonchev–Trinajstić information content (AvgIpc) is 3.25. The van der Waals surface area contributed by atoms with Crippen LogP contribution in [0.4, 0.5) is 0 Å². The van der Waals surface area contributed by atoms with Crippen molar-refractivity contribution in [2.24, 2.45) is 17.8 Å². The van der Waals surface area contributed by atoms with E-state index in [0.29, 0.717) is 43.9 Å². The van der Waals surface area contributed by atoms with Crippen molar-refractivity contribution in [2.45, 2.75) is 12.8 Å². The maximum absolute atomic E-state index is 12.7. The van der Waals surface area contributed by atoms with Crippen LogP contribution in [-0.2, 0) is 4.79 Å². The zero-order chi connectivity index (χ0) is 15.8. The monoisotopic (exact) mass is 310 g/mol. The normalized spacial score (nSPS) is 29.1. The Kier molecular flexibility index (Phi) is 3.68. The summed E-state index contributed by atoms with van der Waals surface area (Å²) in [5.41, 5.74) is 0.727. The summed E-state index contributed by atoms with van der Waals surface area (Å²) in [5, 5.41) is 0. The van der Waals surface area contributed by atoms with Gasteiger partial charge in [-0.2, -0.15) is 0 Å². The lowest BCUT2D eigenvalue weighted by atomic mass is 9.92. The van der Waals surface area contributed by atoms with E-state index < -0.39 is 0 Å². The number of hydrogen-bond donors (Lipinski definition) is 0. The molecule has 1 aromatic rings. The summed E-state index contributed by atoms with van der Waals surface area (Å²) < 4.78 is 0. The number of hydrogen-bond acceptors (Lipinski definition) is 2. The lowest BCUT2D eigenvalue weighted by Gasteiger charge is -2.36. The van der Waals surface area contributed by atoms with Crippen LogP contribution in [0.25, 0.3) is 0 Å². The van der Waals surface area contributed by atoms with Gasteiger partial charge in [0.15, 0.2) is 0 Å². The molecule has 120 valence electrons. The summed E-state index contributed by atoms with van der Waals surface area (Å²) >= 11 is 0. The standard InChI is InChI=1S/C19H22N2O2/c22-18(15-4-2-1-3-5-15)20-8-10-21(11-9-20)19(23)17-13-14-6-7-16(17)12-14/h1-7,14,16-17H,8-13H2/t14-,16+,17-/m1/s1. The Balaban J connectivity index is 1.35. The Labute approximate surface area is 136 Å². The van der Waals surface area contributed by atoms with Crippen LogP contribution in [0.15, 0.2) is 42.5 Å². The minimum absolute atomic E-state index is 0.0700. The largest absolute Gasteiger partial charge is 0.339 e. The smallest absolute Gasteiger partial charge is 0.253 e. The summed E-state index contributed by atoms with van der Waals surface area (Å²) in [6.45, 7) is 2.59. The van der Waals surface area contributed by atoms with Crippen LogP contribution in [-0.4, -0.2) is 47.8 Å². The number of benzene rings is 1. The maximum atomic E-state index is 12.7. The van der Waals surface area contributed by atoms with Crippen molar-refractivity contribution in [3.05, 3.63) is 48.0 Å². The van der Waals surface area contributed by atoms with Gasteiger partial charge in [0, 0.05) is 37.7 Å². The third-order valence-electron chi connectivity index (χ3n) is 5.50. The van der Waals surface area contributed by atoms with E-state index in [0.717, 1.165) is 18.4 Å². The second-order valence-electron chi connectivity index (χ2n) is 6.87. The molecule has 2 amide bonds. The molecule has 0 N–H and O–H groups in total. The van der Waals surface area contributed by atoms with E-state index in [9.17, 15) is 9.59 Å². The van der Waals surface area contributed by atoms with Gasteiger partial charge in [-0.15, -0.1) is 0 Å². The quantitative estimate of drug-likeness (QED) is 0.786. The number of nitrogens with zero attached hydrogens (tertiary/aromatic N) is 2. The van der Waals surface area contributed by atoms with Crippen LogP contribution >= 0.6 is 0 Å². The fourth-order valence-electron chi connectivity index (χ4n) is 4.19. The summed E-state index contributed by atoms with van der Waals surface area (Å²) in [4.78, 5) is 29.0. The van der Waals surface area contributed by atoms with Crippen molar-refractivity contribution < 1.29 is 9.59 Å². The van der Waals surface area contributed by atoms with Crippen LogP contribution in [0, 0.1) is 17.8 Å². The molecule has 0 radical (unpaired) electrons. The highest BCUT2D eigenvalue weighted by atomic mass is 16.2. The first kappa shape index (κ1) is 14.5. The Morgan fingerprint density at radius 2 is 1.57 bits per heavy atom. The number of carbonyl (C=O) groups is 2. The van der Waals surface area contributed by atoms with E-state index in [2.05, 4.69) is 12.2 Å². The predicted molar refractivity (Wildman–Crippen MR) is 87.8 cm³/mol. The van der Waals surface area contributed by atoms with Crippen molar-refractivity contribution in [3.8, 4) is 0 Å². The molecule has 1 saturated carbocycles. The zero-order valence-corrected chi connectivity index (χ0v) is 13.2. The molecule has 1 aromatic carbocycles. The van der Waals surface area contributed by atoms with E-state index in [1.807, 2.05) is 40.1 Å². The predicted octanol–water partition coefficient (Wildman–Crippen LogP) is 2.18. The first-order valence-corrected chi connectivity index (χ1v) is 8.54. The molecule has 2 bridgehead atoms. The lowest BCUT2D eigenvalue weighted by Crippen LogP contribution is -2.52. The molecule has 1 saturated heterocycles. The Morgan fingerprint density at radius 3 is 2.17 bits per heavy atom. The summed E-state index contributed by atoms with van der Waals surface area (Å²) in [6.07, 6.45) is 6.67. The van der Waals surface area contributed by atoms with E-state index in [1.54, 1.807) is 0 Å². The molecule has 2 aliphatic carbocycles. The van der Waals surface area contributed by atoms with Gasteiger partial charge in [0.05, 0.1) is 0 Å². The highest BCUT2D eigenvalue weighted by Crippen LogP contribution is 2.44. The number of piperazine rings is 1. The van der Waals surface area contributed by atoms with Gasteiger partial charge in [-0.25, -0.2) is 0 Å². The first-order chi connectivity index (χ1) is 11.2. The lowest BCUT2D eigenvalue weighted by molar-refractivity contribution is -0.137. The van der Waals surface area contributed by atoms with Crippen LogP contribution < -0.4 is 0 Å². The van der Waals surface area contributed by atoms with Gasteiger partial charge in [-0.3, -0.25) is 9.59 Å². The average molecular weight is 310 g/mol. The number of fused-ring (bicyclic) bond motifs is 2. The van der Waals surface area contributed by atoms with Crippen LogP contribution in [0.3, 0.4) is 0 Å². The fourth-order valence-corrected chi connectivity index (χ4v) is 4.19. The van der Waals surface area contributed by atoms with Crippen molar-refractivity contribution in [2.75, 3.05) is 26.2 Å². The molecule has 4 nitrogen and oxygen atoms in total. The molecule has 3 atom stereocenters. The minimum atomic E-state index is 0.0700. The van der Waals surface area contributed by atoms with Crippen LogP contribution in [0.2, 0.25) is 0 Å². The third-order valence-corrected chi connectivity index (χ3v) is 5.50. The van der Waals surface area contributed by atoms with E-state index in [4.69, 9.17) is 0 Å². The van der Waals surface area contributed by atoms with Crippen molar-refractivity contribution in [1.82, 2.24) is 9.80 Å². The number of carbonyl (C=O) groups excluding carboxylic acids is 2. The molecule has 0 unspecified atom stereocenters. The maximum Gasteiger partial charge on any atom is 0.253 e. The van der Waals surface area contributed by atoms with Crippen LogP contribution in [0.5, 0.6) is 0 Å². The van der Waals surface area contributed by atoms with Crippen LogP contribution in [0.1, 0.15) is 23.2 Å². The van der Waals surface area contributed by atoms with E-state index >= 15 is 0 Å². The molecule has 3 aliphatic rings. The topological polar surface area (TPSA) is 40.6 Å². The molecule has 0 aromatic heterocycles. The summed E-state index contributed by atoms with van der Waals surface area (Å²) in [6, 6.07) is 9.38. The Hall–Kier alpha value is -2.10. The second-order valence-corrected chi connectivity index (χ2v) is 6.87. The highest BCUT2D eigenvalue weighted by molar-refractivity contribution is 5.94. The molecule has 1 heterocycles. The van der Waals surface area contributed by atoms with Crippen molar-refractivity contribution >= 4 is 11.8 Å². The molecule has 0 spiro atoms. The molecule has 1 aliphatic heterocycles. The van der Waals surface area contributed by atoms with Gasteiger partial charge >= 0.3 is 0 Å². The zero-order valence-electron chi connectivity index (χ0n) is 13.2. The summed E-state index contributed by atoms with van der Waals surface area (Å²) in [7, 11) is 0.